The first-order valence-electron chi connectivity index (χ1n) is 10.5. The van der Waals surface area contributed by atoms with E-state index >= 15 is 0 Å². The number of benzene rings is 3. The summed E-state index contributed by atoms with van der Waals surface area (Å²) in [7, 11) is 0. The molecule has 2 heterocycles. The summed E-state index contributed by atoms with van der Waals surface area (Å²) in [6, 6.07) is 26.4. The third-order valence-corrected chi connectivity index (χ3v) is 5.99. The molecule has 6 nitrogen and oxygen atoms in total. The first-order chi connectivity index (χ1) is 16.2. The van der Waals surface area contributed by atoms with Crippen LogP contribution in [0.4, 0.5) is 4.39 Å². The molecule has 0 radical (unpaired) electrons. The second kappa shape index (κ2) is 9.79. The van der Waals surface area contributed by atoms with Gasteiger partial charge in [0.05, 0.1) is 18.7 Å². The standard InChI is InChI=1S/C25H20FN5OS/c26-21-13-11-20(12-14-21)24-29-30-25(31(24)16-19-9-5-2-6-10-19)33-17-23-28-27-22(32-23)15-18-7-3-1-4-8-18/h1-14H,15-17H2. The number of rotatable bonds is 8. The van der Waals surface area contributed by atoms with Crippen LogP contribution in [0.5, 0.6) is 0 Å². The molecule has 8 heteroatoms. The van der Waals surface area contributed by atoms with Crippen molar-refractivity contribution >= 4 is 11.8 Å². The Morgan fingerprint density at radius 2 is 1.39 bits per heavy atom. The molecular weight excluding hydrogens is 437 g/mol. The van der Waals surface area contributed by atoms with E-state index in [-0.39, 0.29) is 5.82 Å². The Balaban J connectivity index is 1.36. The molecule has 5 aromatic rings. The summed E-state index contributed by atoms with van der Waals surface area (Å²) in [5.41, 5.74) is 3.03. The molecule has 3 aromatic carbocycles. The smallest absolute Gasteiger partial charge is 0.226 e. The van der Waals surface area contributed by atoms with Crippen molar-refractivity contribution < 1.29 is 8.81 Å². The maximum Gasteiger partial charge on any atom is 0.226 e. The first kappa shape index (κ1) is 21.1. The minimum absolute atomic E-state index is 0.287. The summed E-state index contributed by atoms with van der Waals surface area (Å²) in [5, 5.41) is 17.9. The van der Waals surface area contributed by atoms with Gasteiger partial charge in [-0.2, -0.15) is 0 Å². The Hall–Kier alpha value is -3.78. The maximum atomic E-state index is 13.4. The van der Waals surface area contributed by atoms with Crippen molar-refractivity contribution in [3.8, 4) is 11.4 Å². The fraction of sp³-hybridized carbons (Fsp3) is 0.120. The highest BCUT2D eigenvalue weighted by Crippen LogP contribution is 2.27. The van der Waals surface area contributed by atoms with Crippen LogP contribution in [-0.4, -0.2) is 25.0 Å². The van der Waals surface area contributed by atoms with E-state index < -0.39 is 0 Å². The van der Waals surface area contributed by atoms with Gasteiger partial charge in [0, 0.05) is 5.56 Å². The van der Waals surface area contributed by atoms with Crippen molar-refractivity contribution in [3.05, 3.63) is 114 Å². The molecule has 0 aliphatic rings. The zero-order valence-electron chi connectivity index (χ0n) is 17.6. The van der Waals surface area contributed by atoms with Crippen molar-refractivity contribution in [2.45, 2.75) is 23.9 Å². The van der Waals surface area contributed by atoms with E-state index in [4.69, 9.17) is 4.42 Å². The van der Waals surface area contributed by atoms with Crippen LogP contribution in [0.1, 0.15) is 22.9 Å². The van der Waals surface area contributed by atoms with Gasteiger partial charge in [-0.3, -0.25) is 4.57 Å². The largest absolute Gasteiger partial charge is 0.424 e. The Morgan fingerprint density at radius 1 is 0.727 bits per heavy atom. The van der Waals surface area contributed by atoms with Gasteiger partial charge in [0.15, 0.2) is 11.0 Å². The summed E-state index contributed by atoms with van der Waals surface area (Å²) < 4.78 is 21.3. The zero-order valence-corrected chi connectivity index (χ0v) is 18.5. The Morgan fingerprint density at radius 3 is 2.12 bits per heavy atom. The van der Waals surface area contributed by atoms with E-state index in [1.807, 2.05) is 53.1 Å². The third-order valence-electron chi connectivity index (χ3n) is 5.03. The molecule has 0 atom stereocenters. The van der Waals surface area contributed by atoms with Crippen LogP contribution in [0.2, 0.25) is 0 Å². The van der Waals surface area contributed by atoms with Crippen LogP contribution in [0, 0.1) is 5.82 Å². The number of thioether (sulfide) groups is 1. The monoisotopic (exact) mass is 457 g/mol. The van der Waals surface area contributed by atoms with Crippen LogP contribution < -0.4 is 0 Å². The van der Waals surface area contributed by atoms with Gasteiger partial charge in [-0.25, -0.2) is 4.39 Å². The number of hydrogen-bond acceptors (Lipinski definition) is 6. The number of aromatic nitrogens is 5. The summed E-state index contributed by atoms with van der Waals surface area (Å²) >= 11 is 1.48. The maximum absolute atomic E-state index is 13.4. The molecular formula is C25H20FN5OS. The molecule has 0 fully saturated rings. The lowest BCUT2D eigenvalue weighted by Gasteiger charge is -2.10. The van der Waals surface area contributed by atoms with Gasteiger partial charge in [-0.05, 0) is 35.4 Å². The zero-order chi connectivity index (χ0) is 22.5. The lowest BCUT2D eigenvalue weighted by atomic mass is 10.2. The van der Waals surface area contributed by atoms with E-state index in [9.17, 15) is 4.39 Å². The molecule has 0 aliphatic heterocycles. The van der Waals surface area contributed by atoms with Crippen LogP contribution in [-0.2, 0) is 18.7 Å². The Bertz CT molecular complexity index is 1320. The number of nitrogens with zero attached hydrogens (tertiary/aromatic N) is 5. The average Bonchev–Trinajstić information content (AvgIpc) is 3.46. The van der Waals surface area contributed by atoms with Crippen molar-refractivity contribution in [1.29, 1.82) is 0 Å². The van der Waals surface area contributed by atoms with Crippen molar-refractivity contribution in [2.24, 2.45) is 0 Å². The van der Waals surface area contributed by atoms with Gasteiger partial charge in [0.25, 0.3) is 0 Å². The highest BCUT2D eigenvalue weighted by atomic mass is 32.2. The average molecular weight is 458 g/mol. The molecule has 0 amide bonds. The van der Waals surface area contributed by atoms with Gasteiger partial charge in [-0.15, -0.1) is 20.4 Å². The molecule has 0 unspecified atom stereocenters. The second-order valence-electron chi connectivity index (χ2n) is 7.43. The van der Waals surface area contributed by atoms with Crippen LogP contribution in [0.15, 0.2) is 94.5 Å². The fourth-order valence-corrected chi connectivity index (χ4v) is 4.21. The van der Waals surface area contributed by atoms with Gasteiger partial charge < -0.3 is 4.42 Å². The van der Waals surface area contributed by atoms with E-state index in [1.54, 1.807) is 12.1 Å². The van der Waals surface area contributed by atoms with Crippen LogP contribution in [0.25, 0.3) is 11.4 Å². The lowest BCUT2D eigenvalue weighted by molar-refractivity contribution is 0.474. The minimum atomic E-state index is -0.287. The first-order valence-corrected chi connectivity index (χ1v) is 11.4. The summed E-state index contributed by atoms with van der Waals surface area (Å²) in [4.78, 5) is 0. The quantitative estimate of drug-likeness (QED) is 0.291. The van der Waals surface area contributed by atoms with E-state index in [2.05, 4.69) is 32.5 Å². The van der Waals surface area contributed by atoms with E-state index in [0.717, 1.165) is 21.8 Å². The number of hydrogen-bond donors (Lipinski definition) is 0. The summed E-state index contributed by atoms with van der Waals surface area (Å²) in [6.45, 7) is 0.589. The third kappa shape index (κ3) is 5.18. The van der Waals surface area contributed by atoms with Crippen molar-refractivity contribution in [1.82, 2.24) is 25.0 Å². The molecule has 0 saturated carbocycles. The molecule has 164 valence electrons. The molecule has 0 saturated heterocycles. The summed E-state index contributed by atoms with van der Waals surface area (Å²) in [6.07, 6.45) is 0.595. The highest BCUT2D eigenvalue weighted by Gasteiger charge is 2.17. The van der Waals surface area contributed by atoms with Crippen molar-refractivity contribution in [2.75, 3.05) is 0 Å². The SMILES string of the molecule is Fc1ccc(-c2nnc(SCc3nnc(Cc4ccccc4)o3)n2Cc2ccccc2)cc1. The minimum Gasteiger partial charge on any atom is -0.424 e. The molecule has 0 N–H and O–H groups in total. The normalized spacial score (nSPS) is 11.1. The van der Waals surface area contributed by atoms with Crippen LogP contribution in [0.3, 0.4) is 0 Å². The molecule has 5 rings (SSSR count). The van der Waals surface area contributed by atoms with Gasteiger partial charge in [-0.1, -0.05) is 72.4 Å². The number of halogens is 1. The van der Waals surface area contributed by atoms with Gasteiger partial charge in [0.2, 0.25) is 11.8 Å². The predicted molar refractivity (Wildman–Crippen MR) is 124 cm³/mol. The predicted octanol–water partition coefficient (Wildman–Crippen LogP) is 5.40. The second-order valence-corrected chi connectivity index (χ2v) is 8.37. The fourth-order valence-electron chi connectivity index (χ4n) is 3.43. The molecule has 0 spiro atoms. The molecule has 33 heavy (non-hydrogen) atoms. The molecule has 2 aromatic heterocycles. The molecule has 0 bridgehead atoms. The topological polar surface area (TPSA) is 69.6 Å². The van der Waals surface area contributed by atoms with Crippen molar-refractivity contribution in [3.63, 3.8) is 0 Å². The molecule has 0 aliphatic carbocycles. The Labute approximate surface area is 194 Å². The van der Waals surface area contributed by atoms with Gasteiger partial charge >= 0.3 is 0 Å². The highest BCUT2D eigenvalue weighted by molar-refractivity contribution is 7.98. The van der Waals surface area contributed by atoms with E-state index in [1.165, 1.54) is 23.9 Å². The Kier molecular flexibility index (Phi) is 6.25. The summed E-state index contributed by atoms with van der Waals surface area (Å²) in [5.74, 6) is 1.97. The van der Waals surface area contributed by atoms with E-state index in [0.29, 0.717) is 36.3 Å². The van der Waals surface area contributed by atoms with Crippen LogP contribution >= 0.6 is 11.8 Å². The van der Waals surface area contributed by atoms with Gasteiger partial charge in [0.1, 0.15) is 5.82 Å². The lowest BCUT2D eigenvalue weighted by Crippen LogP contribution is -2.04.